The number of carbonyl (C=O) groups is 1. The number of anilines is 1. The summed E-state index contributed by atoms with van der Waals surface area (Å²) >= 11 is 1.45. The SMILES string of the molecule is COc1ccc(-c2ccccc2)c2sc(NC(=O)c3ccc(CN(C)Cc4ccccc4)cc3)nc12. The van der Waals surface area contributed by atoms with Crippen LogP contribution in [0.15, 0.2) is 97.1 Å². The minimum absolute atomic E-state index is 0.182. The van der Waals surface area contributed by atoms with Crippen molar-refractivity contribution in [2.24, 2.45) is 0 Å². The molecule has 1 aromatic heterocycles. The molecule has 0 aliphatic heterocycles. The van der Waals surface area contributed by atoms with Gasteiger partial charge in [-0.2, -0.15) is 0 Å². The van der Waals surface area contributed by atoms with E-state index in [0.29, 0.717) is 16.4 Å². The smallest absolute Gasteiger partial charge is 0.257 e. The standard InChI is InChI=1S/C30H27N3O2S/c1-33(19-21-9-5-3-6-10-21)20-22-13-15-24(16-14-22)29(34)32-30-31-27-26(35-2)18-17-25(28(27)36-30)23-11-7-4-8-12-23/h3-18H,19-20H2,1-2H3,(H,31,32,34). The van der Waals surface area contributed by atoms with Gasteiger partial charge in [-0.15, -0.1) is 0 Å². The molecule has 180 valence electrons. The molecule has 5 nitrogen and oxygen atoms in total. The highest BCUT2D eigenvalue weighted by atomic mass is 32.1. The summed E-state index contributed by atoms with van der Waals surface area (Å²) in [5.41, 5.74) is 5.93. The van der Waals surface area contributed by atoms with Crippen molar-refractivity contribution in [2.75, 3.05) is 19.5 Å². The molecule has 0 saturated heterocycles. The Morgan fingerprint density at radius 1 is 0.861 bits per heavy atom. The second-order valence-corrected chi connectivity index (χ2v) is 9.69. The molecule has 0 radical (unpaired) electrons. The average Bonchev–Trinajstić information content (AvgIpc) is 3.33. The Balaban J connectivity index is 1.30. The Kier molecular flexibility index (Phi) is 7.07. The van der Waals surface area contributed by atoms with Crippen LogP contribution < -0.4 is 10.1 Å². The minimum atomic E-state index is -0.182. The van der Waals surface area contributed by atoms with Crippen LogP contribution in [0, 0.1) is 0 Å². The second-order valence-electron chi connectivity index (χ2n) is 8.69. The molecule has 1 heterocycles. The zero-order valence-electron chi connectivity index (χ0n) is 20.3. The fraction of sp³-hybridized carbons (Fsp3) is 0.133. The molecule has 1 N–H and O–H groups in total. The molecule has 0 atom stereocenters. The third kappa shape index (κ3) is 5.30. The number of ether oxygens (including phenoxy) is 1. The van der Waals surface area contributed by atoms with E-state index in [0.717, 1.165) is 40.0 Å². The quantitative estimate of drug-likeness (QED) is 0.257. The van der Waals surface area contributed by atoms with E-state index in [9.17, 15) is 4.79 Å². The van der Waals surface area contributed by atoms with Crippen molar-refractivity contribution >= 4 is 32.6 Å². The van der Waals surface area contributed by atoms with Crippen molar-refractivity contribution in [3.8, 4) is 16.9 Å². The summed E-state index contributed by atoms with van der Waals surface area (Å²) in [6.45, 7) is 1.67. The number of benzene rings is 4. The summed E-state index contributed by atoms with van der Waals surface area (Å²) in [5.74, 6) is 0.504. The van der Waals surface area contributed by atoms with E-state index in [2.05, 4.69) is 58.6 Å². The van der Waals surface area contributed by atoms with Crippen LogP contribution in [-0.4, -0.2) is 29.9 Å². The predicted octanol–water partition coefficient (Wildman–Crippen LogP) is 6.86. The maximum Gasteiger partial charge on any atom is 0.257 e. The van der Waals surface area contributed by atoms with Crippen LogP contribution in [0.2, 0.25) is 0 Å². The molecule has 0 aliphatic rings. The lowest BCUT2D eigenvalue weighted by Gasteiger charge is -2.17. The van der Waals surface area contributed by atoms with Gasteiger partial charge in [-0.25, -0.2) is 4.98 Å². The molecule has 1 amide bonds. The normalized spacial score (nSPS) is 11.1. The Morgan fingerprint density at radius 3 is 2.17 bits per heavy atom. The maximum absolute atomic E-state index is 13.0. The molecule has 36 heavy (non-hydrogen) atoms. The van der Waals surface area contributed by atoms with Crippen LogP contribution in [0.4, 0.5) is 5.13 Å². The summed E-state index contributed by atoms with van der Waals surface area (Å²) in [5, 5.41) is 3.52. The lowest BCUT2D eigenvalue weighted by Crippen LogP contribution is -2.17. The first-order valence-corrected chi connectivity index (χ1v) is 12.6. The average molecular weight is 494 g/mol. The first kappa shape index (κ1) is 23.7. The van der Waals surface area contributed by atoms with Gasteiger partial charge in [-0.1, -0.05) is 84.1 Å². The summed E-state index contributed by atoms with van der Waals surface area (Å²) in [6.07, 6.45) is 0. The fourth-order valence-corrected chi connectivity index (χ4v) is 5.25. The minimum Gasteiger partial charge on any atom is -0.494 e. The van der Waals surface area contributed by atoms with Gasteiger partial charge in [0.15, 0.2) is 5.13 Å². The summed E-state index contributed by atoms with van der Waals surface area (Å²) in [6, 6.07) is 32.3. The van der Waals surface area contributed by atoms with E-state index < -0.39 is 0 Å². The zero-order valence-corrected chi connectivity index (χ0v) is 21.1. The van der Waals surface area contributed by atoms with Gasteiger partial charge < -0.3 is 4.74 Å². The van der Waals surface area contributed by atoms with Gasteiger partial charge >= 0.3 is 0 Å². The molecular formula is C30H27N3O2S. The van der Waals surface area contributed by atoms with Gasteiger partial charge in [0, 0.05) is 24.2 Å². The molecule has 0 bridgehead atoms. The zero-order chi connectivity index (χ0) is 24.9. The molecular weight excluding hydrogens is 466 g/mol. The van der Waals surface area contributed by atoms with Crippen molar-refractivity contribution in [2.45, 2.75) is 13.1 Å². The molecule has 6 heteroatoms. The van der Waals surface area contributed by atoms with E-state index >= 15 is 0 Å². The summed E-state index contributed by atoms with van der Waals surface area (Å²) in [4.78, 5) is 19.9. The van der Waals surface area contributed by atoms with E-state index in [1.54, 1.807) is 7.11 Å². The lowest BCUT2D eigenvalue weighted by atomic mass is 10.1. The molecule has 0 unspecified atom stereocenters. The third-order valence-electron chi connectivity index (χ3n) is 6.00. The number of methoxy groups -OCH3 is 1. The number of fused-ring (bicyclic) bond motifs is 1. The maximum atomic E-state index is 13.0. The molecule has 5 aromatic rings. The van der Waals surface area contributed by atoms with Crippen LogP contribution >= 0.6 is 11.3 Å². The Hall–Kier alpha value is -4.00. The first-order chi connectivity index (χ1) is 17.6. The predicted molar refractivity (Wildman–Crippen MR) is 148 cm³/mol. The van der Waals surface area contributed by atoms with E-state index in [1.807, 2.05) is 60.7 Å². The number of aromatic nitrogens is 1. The number of amides is 1. The van der Waals surface area contributed by atoms with Crippen molar-refractivity contribution < 1.29 is 9.53 Å². The monoisotopic (exact) mass is 493 g/mol. The first-order valence-electron chi connectivity index (χ1n) is 11.8. The van der Waals surface area contributed by atoms with Crippen LogP contribution in [0.25, 0.3) is 21.3 Å². The number of nitrogens with zero attached hydrogens (tertiary/aromatic N) is 2. The van der Waals surface area contributed by atoms with Crippen LogP contribution in [0.5, 0.6) is 5.75 Å². The number of hydrogen-bond donors (Lipinski definition) is 1. The van der Waals surface area contributed by atoms with E-state index in [1.165, 1.54) is 16.9 Å². The molecule has 0 aliphatic carbocycles. The number of carbonyl (C=O) groups excluding carboxylic acids is 1. The third-order valence-corrected chi connectivity index (χ3v) is 7.00. The topological polar surface area (TPSA) is 54.5 Å². The fourth-order valence-electron chi connectivity index (χ4n) is 4.24. The van der Waals surface area contributed by atoms with Gasteiger partial charge in [0.2, 0.25) is 0 Å². The van der Waals surface area contributed by atoms with Crippen molar-refractivity contribution in [3.63, 3.8) is 0 Å². The Bertz CT molecular complexity index is 1470. The van der Waals surface area contributed by atoms with Gasteiger partial charge in [0.05, 0.1) is 11.8 Å². The van der Waals surface area contributed by atoms with Crippen molar-refractivity contribution in [1.82, 2.24) is 9.88 Å². The summed E-state index contributed by atoms with van der Waals surface area (Å²) < 4.78 is 6.51. The largest absolute Gasteiger partial charge is 0.494 e. The van der Waals surface area contributed by atoms with E-state index in [-0.39, 0.29) is 5.91 Å². The second kappa shape index (κ2) is 10.7. The number of nitrogens with one attached hydrogen (secondary N) is 1. The molecule has 0 spiro atoms. The van der Waals surface area contributed by atoms with E-state index in [4.69, 9.17) is 4.74 Å². The van der Waals surface area contributed by atoms with Crippen molar-refractivity contribution in [1.29, 1.82) is 0 Å². The molecule has 0 saturated carbocycles. The highest BCUT2D eigenvalue weighted by Gasteiger charge is 2.16. The lowest BCUT2D eigenvalue weighted by molar-refractivity contribution is 0.102. The van der Waals surface area contributed by atoms with Gasteiger partial charge in [-0.05, 0) is 48.0 Å². The van der Waals surface area contributed by atoms with Gasteiger partial charge in [0.25, 0.3) is 5.91 Å². The molecule has 5 rings (SSSR count). The van der Waals surface area contributed by atoms with Gasteiger partial charge in [-0.3, -0.25) is 15.0 Å². The highest BCUT2D eigenvalue weighted by Crippen LogP contribution is 2.39. The Labute approximate surface area is 215 Å². The number of rotatable bonds is 8. The van der Waals surface area contributed by atoms with Crippen LogP contribution in [0.1, 0.15) is 21.5 Å². The van der Waals surface area contributed by atoms with Crippen molar-refractivity contribution in [3.05, 3.63) is 114 Å². The van der Waals surface area contributed by atoms with Crippen LogP contribution in [-0.2, 0) is 13.1 Å². The number of thiazole rings is 1. The Morgan fingerprint density at radius 2 is 1.50 bits per heavy atom. The summed E-state index contributed by atoms with van der Waals surface area (Å²) in [7, 11) is 3.73. The number of hydrogen-bond acceptors (Lipinski definition) is 5. The highest BCUT2D eigenvalue weighted by molar-refractivity contribution is 7.23. The van der Waals surface area contributed by atoms with Gasteiger partial charge in [0.1, 0.15) is 11.3 Å². The van der Waals surface area contributed by atoms with Crippen LogP contribution in [0.3, 0.4) is 0 Å². The molecule has 0 fully saturated rings. The molecule has 4 aromatic carbocycles.